The summed E-state index contributed by atoms with van der Waals surface area (Å²) < 4.78 is 6.72. The van der Waals surface area contributed by atoms with E-state index in [0.29, 0.717) is 58.9 Å². The van der Waals surface area contributed by atoms with Crippen LogP contribution in [-0.2, 0) is 19.9 Å². The van der Waals surface area contributed by atoms with Crippen LogP contribution in [0.25, 0.3) is 0 Å². The number of Topliss-reactive ketones (excluding diaryl/α,β-unsaturated/α-hetero) is 2. The average Bonchev–Trinajstić information content (AvgIpc) is 3.39. The first-order valence-electron chi connectivity index (χ1n) is 11.0. The van der Waals surface area contributed by atoms with Crippen molar-refractivity contribution in [2.45, 2.75) is 24.5 Å². The molecule has 8 aliphatic carbocycles. The standard InChI is InChI=1S/C24H20O3/c25-20-13-9-6-10-14(13)21(26)23-16(10)15(9)22(20,23)11-7-12-17(23)19-18(11)24(12,27-19)8-4-2-1-3-5-8/h1-5,9-19H,6-7H2/t9-,10+,11-,12-,13-,14+,15+,16-,17+,18+,19-,22-,23-,24+/m1/s1. The van der Waals surface area contributed by atoms with Gasteiger partial charge in [-0.3, -0.25) is 9.59 Å². The smallest absolute Gasteiger partial charge is 0.144 e. The molecule has 134 valence electrons. The molecule has 14 atom stereocenters. The molecule has 1 aromatic carbocycles. The molecule has 3 nitrogen and oxygen atoms in total. The Balaban J connectivity index is 1.31. The molecule has 0 N–H and O–H groups in total. The molecular weight excluding hydrogens is 336 g/mol. The molecule has 0 radical (unpaired) electrons. The van der Waals surface area contributed by atoms with Gasteiger partial charge >= 0.3 is 0 Å². The lowest BCUT2D eigenvalue weighted by Gasteiger charge is -2.75. The molecule has 0 amide bonds. The van der Waals surface area contributed by atoms with Crippen molar-refractivity contribution < 1.29 is 14.3 Å². The zero-order chi connectivity index (χ0) is 17.2. The molecule has 8 saturated carbocycles. The SMILES string of the molecule is O=C1[C@H]2[C@@H]3C[C@@H]4[C@H]2C(=O)[C@@]25[C@@H]4[C@@H]3[C@@]12[C@@H]1[C@H]2O[C@]3(c4ccccc4)[C@H]2[C@H]5C[C@H]13. The monoisotopic (exact) mass is 356 g/mol. The third-order valence-corrected chi connectivity index (χ3v) is 12.1. The van der Waals surface area contributed by atoms with E-state index in [4.69, 9.17) is 4.74 Å². The second-order valence-corrected chi connectivity index (χ2v) is 11.4. The van der Waals surface area contributed by atoms with Crippen molar-refractivity contribution in [1.82, 2.24) is 0 Å². The maximum absolute atomic E-state index is 14.0. The first kappa shape index (κ1) is 12.9. The summed E-state index contributed by atoms with van der Waals surface area (Å²) in [5, 5.41) is 0. The molecule has 9 fully saturated rings. The quantitative estimate of drug-likeness (QED) is 0.776. The number of hydrogen-bond donors (Lipinski definition) is 0. The van der Waals surface area contributed by atoms with E-state index in [-0.39, 0.29) is 34.4 Å². The van der Waals surface area contributed by atoms with Crippen molar-refractivity contribution in [2.24, 2.45) is 70.0 Å². The first-order chi connectivity index (χ1) is 13.2. The Kier molecular flexibility index (Phi) is 1.46. The Labute approximate surface area is 156 Å². The molecule has 2 spiro atoms. The molecule has 1 aromatic rings. The van der Waals surface area contributed by atoms with Gasteiger partial charge in [0.1, 0.15) is 17.2 Å². The van der Waals surface area contributed by atoms with Gasteiger partial charge in [0, 0.05) is 29.1 Å². The van der Waals surface area contributed by atoms with Gasteiger partial charge in [-0.1, -0.05) is 30.3 Å². The molecule has 1 saturated heterocycles. The highest BCUT2D eigenvalue weighted by atomic mass is 16.6. The van der Waals surface area contributed by atoms with Gasteiger partial charge in [0.2, 0.25) is 0 Å². The molecule has 10 rings (SSSR count). The van der Waals surface area contributed by atoms with Crippen LogP contribution in [0.15, 0.2) is 30.3 Å². The van der Waals surface area contributed by atoms with Gasteiger partial charge in [-0.15, -0.1) is 0 Å². The largest absolute Gasteiger partial charge is 0.366 e. The highest BCUT2D eigenvalue weighted by Crippen LogP contribution is 3.00. The van der Waals surface area contributed by atoms with E-state index in [1.54, 1.807) is 0 Å². The fourth-order valence-electron chi connectivity index (χ4n) is 12.7. The van der Waals surface area contributed by atoms with Crippen LogP contribution in [0.2, 0.25) is 0 Å². The molecule has 0 aromatic heterocycles. The Bertz CT molecular complexity index is 1060. The average molecular weight is 356 g/mol. The van der Waals surface area contributed by atoms with Crippen LogP contribution in [0.1, 0.15) is 18.4 Å². The van der Waals surface area contributed by atoms with Crippen molar-refractivity contribution >= 4 is 11.6 Å². The number of fused-ring (bicyclic) bond motifs is 2. The predicted octanol–water partition coefficient (Wildman–Crippen LogP) is 2.44. The summed E-state index contributed by atoms with van der Waals surface area (Å²) in [7, 11) is 0. The van der Waals surface area contributed by atoms with Gasteiger partial charge in [0.05, 0.1) is 11.5 Å². The summed E-state index contributed by atoms with van der Waals surface area (Å²) in [6.45, 7) is 0. The van der Waals surface area contributed by atoms with Crippen molar-refractivity contribution in [1.29, 1.82) is 0 Å². The summed E-state index contributed by atoms with van der Waals surface area (Å²) in [5.74, 6) is 5.34. The lowest BCUT2D eigenvalue weighted by atomic mass is 9.27. The maximum atomic E-state index is 14.0. The van der Waals surface area contributed by atoms with Crippen molar-refractivity contribution in [3.63, 3.8) is 0 Å². The third-order valence-electron chi connectivity index (χ3n) is 12.1. The minimum absolute atomic E-state index is 0.112. The van der Waals surface area contributed by atoms with E-state index in [0.717, 1.165) is 6.42 Å². The van der Waals surface area contributed by atoms with Gasteiger partial charge in [0.15, 0.2) is 0 Å². The van der Waals surface area contributed by atoms with Crippen LogP contribution < -0.4 is 0 Å². The maximum Gasteiger partial charge on any atom is 0.144 e. The third kappa shape index (κ3) is 0.730. The molecule has 0 unspecified atom stereocenters. The van der Waals surface area contributed by atoms with Crippen LogP contribution in [0.3, 0.4) is 0 Å². The number of benzene rings is 1. The molecule has 1 heterocycles. The topological polar surface area (TPSA) is 43.4 Å². The molecule has 27 heavy (non-hydrogen) atoms. The summed E-state index contributed by atoms with van der Waals surface area (Å²) in [5.41, 5.74) is 0.613. The van der Waals surface area contributed by atoms with E-state index >= 15 is 0 Å². The van der Waals surface area contributed by atoms with Crippen molar-refractivity contribution in [2.75, 3.05) is 0 Å². The molecule has 9 aliphatic rings. The van der Waals surface area contributed by atoms with Crippen LogP contribution in [0.5, 0.6) is 0 Å². The van der Waals surface area contributed by atoms with Gasteiger partial charge in [-0.25, -0.2) is 0 Å². The fraction of sp³-hybridized carbons (Fsp3) is 0.667. The Morgan fingerprint density at radius 2 is 1.48 bits per heavy atom. The summed E-state index contributed by atoms with van der Waals surface area (Å²) >= 11 is 0. The minimum atomic E-state index is -0.284. The van der Waals surface area contributed by atoms with Gasteiger partial charge in [0.25, 0.3) is 0 Å². The lowest BCUT2D eigenvalue weighted by molar-refractivity contribution is -0.324. The van der Waals surface area contributed by atoms with Crippen LogP contribution in [0, 0.1) is 70.0 Å². The number of rotatable bonds is 1. The molecule has 1 aliphatic heterocycles. The van der Waals surface area contributed by atoms with Crippen molar-refractivity contribution in [3.8, 4) is 0 Å². The number of carbonyl (C=O) groups excluding carboxylic acids is 2. The Morgan fingerprint density at radius 1 is 0.778 bits per heavy atom. The van der Waals surface area contributed by atoms with E-state index in [1.807, 2.05) is 0 Å². The zero-order valence-corrected chi connectivity index (χ0v) is 14.9. The predicted molar refractivity (Wildman–Crippen MR) is 92.0 cm³/mol. The summed E-state index contributed by atoms with van der Waals surface area (Å²) in [6.07, 6.45) is 2.59. The van der Waals surface area contributed by atoms with E-state index in [2.05, 4.69) is 30.3 Å². The van der Waals surface area contributed by atoms with E-state index in [1.165, 1.54) is 12.0 Å². The normalized spacial score (nSPS) is 73.0. The summed E-state index contributed by atoms with van der Waals surface area (Å²) in [4.78, 5) is 27.9. The lowest BCUT2D eigenvalue weighted by Crippen LogP contribution is -2.80. The van der Waals surface area contributed by atoms with E-state index in [9.17, 15) is 9.59 Å². The first-order valence-corrected chi connectivity index (χ1v) is 11.0. The van der Waals surface area contributed by atoms with Gasteiger partial charge < -0.3 is 4.74 Å². The van der Waals surface area contributed by atoms with Gasteiger partial charge in [-0.2, -0.15) is 0 Å². The Hall–Kier alpha value is -1.48. The number of ketones is 2. The zero-order valence-electron chi connectivity index (χ0n) is 14.9. The number of carbonyl (C=O) groups is 2. The molecular formula is C24H20O3. The van der Waals surface area contributed by atoms with Crippen LogP contribution >= 0.6 is 0 Å². The highest BCUT2D eigenvalue weighted by molar-refractivity contribution is 6.12. The second-order valence-electron chi connectivity index (χ2n) is 11.4. The molecule has 7 bridgehead atoms. The molecule has 3 heteroatoms. The van der Waals surface area contributed by atoms with Crippen LogP contribution in [0.4, 0.5) is 0 Å². The minimum Gasteiger partial charge on any atom is -0.366 e. The highest BCUT2D eigenvalue weighted by Gasteiger charge is 3.05. The summed E-state index contributed by atoms with van der Waals surface area (Å²) in [6, 6.07) is 10.8. The van der Waals surface area contributed by atoms with Gasteiger partial charge in [-0.05, 0) is 53.9 Å². The fourth-order valence-corrected chi connectivity index (χ4v) is 12.7. The van der Waals surface area contributed by atoms with Crippen LogP contribution in [-0.4, -0.2) is 17.7 Å². The Morgan fingerprint density at radius 3 is 2.26 bits per heavy atom. The number of ether oxygens (including phenoxy) is 1. The second kappa shape index (κ2) is 3.07. The van der Waals surface area contributed by atoms with Crippen molar-refractivity contribution in [3.05, 3.63) is 35.9 Å². The van der Waals surface area contributed by atoms with E-state index < -0.39 is 0 Å². The number of hydrogen-bond acceptors (Lipinski definition) is 3.